The van der Waals surface area contributed by atoms with E-state index in [9.17, 15) is 0 Å². The highest BCUT2D eigenvalue weighted by Crippen LogP contribution is 2.37. The number of hydrogen-bond acceptors (Lipinski definition) is 2. The topological polar surface area (TPSA) is 18.5 Å². The van der Waals surface area contributed by atoms with E-state index in [1.807, 2.05) is 0 Å². The van der Waals surface area contributed by atoms with Crippen molar-refractivity contribution in [1.82, 2.24) is 0 Å². The van der Waals surface area contributed by atoms with Crippen molar-refractivity contribution in [3.8, 4) is 0 Å². The summed E-state index contributed by atoms with van der Waals surface area (Å²) in [4.78, 5) is 0. The van der Waals surface area contributed by atoms with Crippen LogP contribution in [0.25, 0.3) is 0 Å². The molecule has 0 unspecified atom stereocenters. The molecule has 2 nitrogen and oxygen atoms in total. The van der Waals surface area contributed by atoms with Crippen molar-refractivity contribution >= 4 is 18.7 Å². The first kappa shape index (κ1) is 22.0. The van der Waals surface area contributed by atoms with Gasteiger partial charge >= 0.3 is 0 Å². The van der Waals surface area contributed by atoms with Crippen molar-refractivity contribution in [3.63, 3.8) is 0 Å². The average Bonchev–Trinajstić information content (AvgIpc) is 2.71. The normalized spacial score (nSPS) is 20.6. The van der Waals surface area contributed by atoms with Crippen LogP contribution in [0.4, 0.5) is 0 Å². The van der Waals surface area contributed by atoms with Gasteiger partial charge in [-0.1, -0.05) is 101 Å². The second-order valence-corrected chi connectivity index (χ2v) is 13.6. The third-order valence-corrected chi connectivity index (χ3v) is 11.1. The summed E-state index contributed by atoms with van der Waals surface area (Å²) in [5.74, 6) is 0. The third kappa shape index (κ3) is 4.91. The molecule has 1 heterocycles. The molecule has 2 atom stereocenters. The molecule has 0 saturated carbocycles. The van der Waals surface area contributed by atoms with Gasteiger partial charge in [-0.3, -0.25) is 0 Å². The smallest absolute Gasteiger partial charge is 0.261 e. The first-order valence-corrected chi connectivity index (χ1v) is 12.8. The number of rotatable bonds is 7. The second-order valence-electron chi connectivity index (χ2n) is 9.25. The first-order chi connectivity index (χ1) is 13.9. The van der Waals surface area contributed by atoms with Crippen molar-refractivity contribution in [2.24, 2.45) is 0 Å². The summed E-state index contributed by atoms with van der Waals surface area (Å²) in [6.45, 7) is 14.1. The van der Waals surface area contributed by atoms with Crippen molar-refractivity contribution < 1.29 is 9.16 Å². The highest BCUT2D eigenvalue weighted by atomic mass is 28.4. The van der Waals surface area contributed by atoms with E-state index in [0.29, 0.717) is 12.7 Å². The zero-order valence-corrected chi connectivity index (χ0v) is 19.5. The average molecular weight is 409 g/mol. The molecule has 29 heavy (non-hydrogen) atoms. The molecule has 2 aromatic carbocycles. The lowest BCUT2D eigenvalue weighted by atomic mass is 9.96. The van der Waals surface area contributed by atoms with Crippen LogP contribution in [0, 0.1) is 0 Å². The first-order valence-electron chi connectivity index (χ1n) is 10.9. The van der Waals surface area contributed by atoms with Crippen LogP contribution in [0.3, 0.4) is 0 Å². The van der Waals surface area contributed by atoms with Crippen molar-refractivity contribution in [1.29, 1.82) is 0 Å². The lowest BCUT2D eigenvalue weighted by molar-refractivity contribution is -0.0409. The Bertz CT molecular complexity index is 740. The quantitative estimate of drug-likeness (QED) is 0.447. The minimum absolute atomic E-state index is 0.0126. The van der Waals surface area contributed by atoms with Gasteiger partial charge in [0.25, 0.3) is 8.32 Å². The van der Waals surface area contributed by atoms with Crippen molar-refractivity contribution in [3.05, 3.63) is 72.8 Å². The Morgan fingerprint density at radius 2 is 1.45 bits per heavy atom. The fraction of sp³-hybridized carbons (Fsp3) is 0.462. The van der Waals surface area contributed by atoms with Crippen LogP contribution in [0.5, 0.6) is 0 Å². The molecule has 3 rings (SSSR count). The molecule has 2 aromatic rings. The Kier molecular flexibility index (Phi) is 7.15. The van der Waals surface area contributed by atoms with E-state index in [2.05, 4.69) is 94.9 Å². The minimum Gasteiger partial charge on any atom is -0.407 e. The van der Waals surface area contributed by atoms with Gasteiger partial charge in [0, 0.05) is 6.61 Å². The number of benzene rings is 2. The second kappa shape index (κ2) is 9.42. The molecule has 0 aliphatic carbocycles. The van der Waals surface area contributed by atoms with Gasteiger partial charge in [-0.2, -0.15) is 0 Å². The van der Waals surface area contributed by atoms with Gasteiger partial charge in [0.2, 0.25) is 0 Å². The van der Waals surface area contributed by atoms with E-state index in [1.165, 1.54) is 15.9 Å². The zero-order valence-electron chi connectivity index (χ0n) is 18.5. The minimum atomic E-state index is -2.45. The summed E-state index contributed by atoms with van der Waals surface area (Å²) in [5.41, 5.74) is 1.32. The molecule has 1 fully saturated rings. The van der Waals surface area contributed by atoms with Gasteiger partial charge in [0.15, 0.2) is 0 Å². The maximum absolute atomic E-state index is 7.00. The van der Waals surface area contributed by atoms with Gasteiger partial charge in [-0.15, -0.1) is 0 Å². The predicted octanol–water partition coefficient (Wildman–Crippen LogP) is 5.47. The molecule has 0 amide bonds. The van der Waals surface area contributed by atoms with Crippen LogP contribution in [0.1, 0.15) is 53.4 Å². The van der Waals surface area contributed by atoms with Gasteiger partial charge in [0.05, 0.1) is 12.2 Å². The van der Waals surface area contributed by atoms with E-state index in [1.54, 1.807) is 0 Å². The molecule has 0 N–H and O–H groups in total. The standard InChI is InChI=1S/C26H36O2Si/c1-6-22-19-21(2)20-23(28-22)17-18-27-29(26(3,4)5,24-13-9-7-10-14-24)25-15-11-8-12-16-25/h7-16,22-23H,2,6,17-20H2,1,3-5H3/t22-,23+/m1/s1. The molecule has 0 bridgehead atoms. The number of ether oxygens (including phenoxy) is 1. The van der Waals surface area contributed by atoms with Gasteiger partial charge in [-0.25, -0.2) is 0 Å². The number of hydrogen-bond donors (Lipinski definition) is 0. The summed E-state index contributed by atoms with van der Waals surface area (Å²) in [5, 5.41) is 2.68. The monoisotopic (exact) mass is 408 g/mol. The SMILES string of the molecule is C=C1C[C@@H](CC)O[C@@H](CCO[Si](c2ccccc2)(c2ccccc2)C(C)(C)C)C1. The molecule has 3 heteroatoms. The summed E-state index contributed by atoms with van der Waals surface area (Å²) >= 11 is 0. The molecule has 0 aromatic heterocycles. The van der Waals surface area contributed by atoms with Crippen LogP contribution < -0.4 is 10.4 Å². The zero-order chi connectivity index (χ0) is 20.9. The summed E-state index contributed by atoms with van der Waals surface area (Å²) in [6, 6.07) is 21.7. The van der Waals surface area contributed by atoms with E-state index in [0.717, 1.165) is 25.7 Å². The van der Waals surface area contributed by atoms with Gasteiger partial charge < -0.3 is 9.16 Å². The molecule has 156 valence electrons. The molecule has 1 saturated heterocycles. The van der Waals surface area contributed by atoms with Crippen LogP contribution >= 0.6 is 0 Å². The highest BCUT2D eigenvalue weighted by Gasteiger charge is 2.50. The van der Waals surface area contributed by atoms with E-state index < -0.39 is 8.32 Å². The molecule has 1 aliphatic rings. The Balaban J connectivity index is 1.87. The van der Waals surface area contributed by atoms with Crippen LogP contribution in [-0.2, 0) is 9.16 Å². The maximum Gasteiger partial charge on any atom is 0.261 e. The maximum atomic E-state index is 7.00. The highest BCUT2D eigenvalue weighted by molar-refractivity contribution is 6.99. The molecule has 0 radical (unpaired) electrons. The van der Waals surface area contributed by atoms with E-state index in [-0.39, 0.29) is 11.1 Å². The van der Waals surface area contributed by atoms with E-state index >= 15 is 0 Å². The van der Waals surface area contributed by atoms with Crippen molar-refractivity contribution in [2.45, 2.75) is 70.6 Å². The van der Waals surface area contributed by atoms with Crippen molar-refractivity contribution in [2.75, 3.05) is 6.61 Å². The molecular weight excluding hydrogens is 372 g/mol. The Labute approximate surface area is 178 Å². The van der Waals surface area contributed by atoms with Crippen LogP contribution in [0.15, 0.2) is 72.8 Å². The molecule has 1 aliphatic heterocycles. The fourth-order valence-electron chi connectivity index (χ4n) is 4.61. The summed E-state index contributed by atoms with van der Waals surface area (Å²) < 4.78 is 13.3. The largest absolute Gasteiger partial charge is 0.407 e. The molecular formula is C26H36O2Si. The Morgan fingerprint density at radius 1 is 0.931 bits per heavy atom. The summed E-state index contributed by atoms with van der Waals surface area (Å²) in [6.07, 6.45) is 4.46. The van der Waals surface area contributed by atoms with Gasteiger partial charge in [-0.05, 0) is 41.1 Å². The Morgan fingerprint density at radius 3 is 1.93 bits per heavy atom. The molecule has 0 spiro atoms. The fourth-order valence-corrected chi connectivity index (χ4v) is 9.19. The van der Waals surface area contributed by atoms with Gasteiger partial charge in [0.1, 0.15) is 0 Å². The van der Waals surface area contributed by atoms with Crippen LogP contribution in [-0.4, -0.2) is 27.1 Å². The van der Waals surface area contributed by atoms with E-state index in [4.69, 9.17) is 9.16 Å². The summed E-state index contributed by atoms with van der Waals surface area (Å²) in [7, 11) is -2.45. The third-order valence-electron chi connectivity index (χ3n) is 6.05. The Hall–Kier alpha value is -1.68. The lowest BCUT2D eigenvalue weighted by Crippen LogP contribution is -2.66. The predicted molar refractivity (Wildman–Crippen MR) is 126 cm³/mol. The van der Waals surface area contributed by atoms with Crippen LogP contribution in [0.2, 0.25) is 5.04 Å². The lowest BCUT2D eigenvalue weighted by Gasteiger charge is -2.43.